The summed E-state index contributed by atoms with van der Waals surface area (Å²) in [6.45, 7) is 4.77. The number of nitrogens with one attached hydrogen (secondary N) is 1. The molecule has 0 unspecified atom stereocenters. The van der Waals surface area contributed by atoms with Crippen LogP contribution in [0.2, 0.25) is 0 Å². The van der Waals surface area contributed by atoms with Crippen LogP contribution in [0.4, 0.5) is 5.69 Å². The molecule has 5 nitrogen and oxygen atoms in total. The van der Waals surface area contributed by atoms with Crippen molar-refractivity contribution in [3.05, 3.63) is 24.3 Å². The molecule has 120 valence electrons. The zero-order valence-electron chi connectivity index (χ0n) is 13.3. The lowest BCUT2D eigenvalue weighted by molar-refractivity contribution is 0.163. The molecule has 0 fully saturated rings. The Labute approximate surface area is 128 Å². The van der Waals surface area contributed by atoms with E-state index in [4.69, 9.17) is 4.74 Å². The zero-order chi connectivity index (χ0) is 15.9. The number of benzene rings is 1. The lowest BCUT2D eigenvalue weighted by Crippen LogP contribution is -2.41. The number of nitrogens with zero attached hydrogens (tertiary/aromatic N) is 1. The van der Waals surface area contributed by atoms with Crippen LogP contribution >= 0.6 is 0 Å². The maximum Gasteiger partial charge on any atom is 0.245 e. The topological polar surface area (TPSA) is 58.6 Å². The molecule has 0 aliphatic carbocycles. The van der Waals surface area contributed by atoms with Crippen molar-refractivity contribution in [3.63, 3.8) is 0 Å². The summed E-state index contributed by atoms with van der Waals surface area (Å²) in [6.07, 6.45) is 1.56. The van der Waals surface area contributed by atoms with Crippen molar-refractivity contribution in [2.75, 3.05) is 32.6 Å². The number of para-hydroxylation sites is 1. The van der Waals surface area contributed by atoms with Gasteiger partial charge in [-0.1, -0.05) is 26.0 Å². The molecule has 0 saturated heterocycles. The Morgan fingerprint density at radius 3 is 2.38 bits per heavy atom. The predicted octanol–water partition coefficient (Wildman–Crippen LogP) is 2.55. The van der Waals surface area contributed by atoms with Gasteiger partial charge in [-0.15, -0.1) is 0 Å². The lowest BCUT2D eigenvalue weighted by atomic mass is 10.2. The molecule has 0 spiro atoms. The summed E-state index contributed by atoms with van der Waals surface area (Å²) < 4.78 is 32.7. The van der Waals surface area contributed by atoms with Crippen LogP contribution < -0.4 is 5.32 Å². The molecule has 1 aromatic carbocycles. The fourth-order valence-corrected chi connectivity index (χ4v) is 4.36. The van der Waals surface area contributed by atoms with Crippen molar-refractivity contribution in [2.45, 2.75) is 37.6 Å². The van der Waals surface area contributed by atoms with E-state index in [-0.39, 0.29) is 6.04 Å². The van der Waals surface area contributed by atoms with Crippen molar-refractivity contribution in [2.24, 2.45) is 0 Å². The van der Waals surface area contributed by atoms with Gasteiger partial charge in [-0.2, -0.15) is 4.31 Å². The Morgan fingerprint density at radius 1 is 1.24 bits per heavy atom. The molecule has 0 aliphatic heterocycles. The molecule has 6 heteroatoms. The second-order valence-electron chi connectivity index (χ2n) is 4.83. The van der Waals surface area contributed by atoms with E-state index in [1.54, 1.807) is 36.7 Å². The van der Waals surface area contributed by atoms with E-state index in [1.165, 1.54) is 0 Å². The maximum absolute atomic E-state index is 13.0. The molecular formula is C15H26N2O3S. The summed E-state index contributed by atoms with van der Waals surface area (Å²) in [5, 5.41) is 2.95. The third-order valence-electron chi connectivity index (χ3n) is 3.61. The Balaban J connectivity index is 3.25. The molecule has 1 aromatic rings. The zero-order valence-corrected chi connectivity index (χ0v) is 14.1. The summed E-state index contributed by atoms with van der Waals surface area (Å²) in [5.74, 6) is 0. The lowest BCUT2D eigenvalue weighted by Gasteiger charge is -2.30. The average Bonchev–Trinajstić information content (AvgIpc) is 2.51. The van der Waals surface area contributed by atoms with Gasteiger partial charge in [0.1, 0.15) is 4.90 Å². The van der Waals surface area contributed by atoms with Crippen LogP contribution in [0, 0.1) is 0 Å². The highest BCUT2D eigenvalue weighted by molar-refractivity contribution is 7.89. The molecule has 1 N–H and O–H groups in total. The summed E-state index contributed by atoms with van der Waals surface area (Å²) in [6, 6.07) is 6.96. The molecule has 0 amide bonds. The third-order valence-corrected chi connectivity index (χ3v) is 5.62. The Morgan fingerprint density at radius 2 is 1.86 bits per heavy atom. The first-order chi connectivity index (χ1) is 10.0. The largest absolute Gasteiger partial charge is 0.387 e. The van der Waals surface area contributed by atoms with Crippen LogP contribution in [0.15, 0.2) is 29.2 Å². The van der Waals surface area contributed by atoms with Gasteiger partial charge in [-0.05, 0) is 25.0 Å². The van der Waals surface area contributed by atoms with Crippen LogP contribution in [0.3, 0.4) is 0 Å². The van der Waals surface area contributed by atoms with Gasteiger partial charge in [0.2, 0.25) is 10.0 Å². The van der Waals surface area contributed by atoms with Crippen LogP contribution in [0.25, 0.3) is 0 Å². The molecule has 0 heterocycles. The number of ether oxygens (including phenoxy) is 1. The fourth-order valence-electron chi connectivity index (χ4n) is 2.40. The number of methoxy groups -OCH3 is 1. The molecule has 0 radical (unpaired) electrons. The first-order valence-electron chi connectivity index (χ1n) is 7.30. The number of anilines is 1. The molecular weight excluding hydrogens is 288 g/mol. The second kappa shape index (κ2) is 8.36. The van der Waals surface area contributed by atoms with Gasteiger partial charge in [0.25, 0.3) is 0 Å². The van der Waals surface area contributed by atoms with Crippen molar-refractivity contribution in [1.82, 2.24) is 4.31 Å². The van der Waals surface area contributed by atoms with Crippen LogP contribution in [0.5, 0.6) is 0 Å². The summed E-state index contributed by atoms with van der Waals surface area (Å²) in [7, 11) is -0.239. The van der Waals surface area contributed by atoms with E-state index in [1.807, 2.05) is 19.9 Å². The van der Waals surface area contributed by atoms with E-state index in [0.29, 0.717) is 23.7 Å². The highest BCUT2D eigenvalue weighted by Crippen LogP contribution is 2.26. The summed E-state index contributed by atoms with van der Waals surface area (Å²) in [4.78, 5) is 0.315. The van der Waals surface area contributed by atoms with E-state index < -0.39 is 10.0 Å². The quantitative estimate of drug-likeness (QED) is 0.761. The second-order valence-corrected chi connectivity index (χ2v) is 6.68. The van der Waals surface area contributed by atoms with Gasteiger partial charge in [-0.3, -0.25) is 0 Å². The van der Waals surface area contributed by atoms with Gasteiger partial charge >= 0.3 is 0 Å². The standard InChI is InChI=1S/C15H26N2O3S/c1-5-13(6-2)17(11-12-20-4)21(18,19)15-10-8-7-9-14(15)16-3/h7-10,13,16H,5-6,11-12H2,1-4H3. The Kier molecular flexibility index (Phi) is 7.14. The van der Waals surface area contributed by atoms with Gasteiger partial charge in [0.05, 0.1) is 12.3 Å². The highest BCUT2D eigenvalue weighted by Gasteiger charge is 2.30. The first kappa shape index (κ1) is 17.9. The van der Waals surface area contributed by atoms with E-state index in [2.05, 4.69) is 5.32 Å². The van der Waals surface area contributed by atoms with Gasteiger partial charge in [0, 0.05) is 26.7 Å². The average molecular weight is 314 g/mol. The molecule has 0 saturated carbocycles. The number of hydrogen-bond acceptors (Lipinski definition) is 4. The first-order valence-corrected chi connectivity index (χ1v) is 8.74. The monoisotopic (exact) mass is 314 g/mol. The van der Waals surface area contributed by atoms with Gasteiger partial charge in [-0.25, -0.2) is 8.42 Å². The molecule has 21 heavy (non-hydrogen) atoms. The Bertz CT molecular complexity index is 527. The highest BCUT2D eigenvalue weighted by atomic mass is 32.2. The Hall–Kier alpha value is -1.11. The molecule has 0 atom stereocenters. The van der Waals surface area contributed by atoms with E-state index >= 15 is 0 Å². The van der Waals surface area contributed by atoms with Crippen molar-refractivity contribution in [1.29, 1.82) is 0 Å². The van der Waals surface area contributed by atoms with Crippen LogP contribution in [-0.4, -0.2) is 46.1 Å². The molecule has 0 bridgehead atoms. The number of rotatable bonds is 9. The molecule has 0 aromatic heterocycles. The fraction of sp³-hybridized carbons (Fsp3) is 0.600. The summed E-state index contributed by atoms with van der Waals surface area (Å²) >= 11 is 0. The maximum atomic E-state index is 13.0. The molecule has 0 aliphatic rings. The van der Waals surface area contributed by atoms with E-state index in [9.17, 15) is 8.42 Å². The van der Waals surface area contributed by atoms with Crippen molar-refractivity contribution >= 4 is 15.7 Å². The SMILES string of the molecule is CCC(CC)N(CCOC)S(=O)(=O)c1ccccc1NC. The van der Waals surface area contributed by atoms with Crippen LogP contribution in [-0.2, 0) is 14.8 Å². The number of hydrogen-bond donors (Lipinski definition) is 1. The normalized spacial score (nSPS) is 12.1. The molecule has 1 rings (SSSR count). The smallest absolute Gasteiger partial charge is 0.245 e. The predicted molar refractivity (Wildman–Crippen MR) is 86.1 cm³/mol. The van der Waals surface area contributed by atoms with Crippen molar-refractivity contribution in [3.8, 4) is 0 Å². The minimum atomic E-state index is -3.55. The van der Waals surface area contributed by atoms with Gasteiger partial charge in [0.15, 0.2) is 0 Å². The van der Waals surface area contributed by atoms with Crippen LogP contribution in [0.1, 0.15) is 26.7 Å². The minimum Gasteiger partial charge on any atom is -0.387 e. The van der Waals surface area contributed by atoms with Crippen molar-refractivity contribution < 1.29 is 13.2 Å². The summed E-state index contributed by atoms with van der Waals surface area (Å²) in [5.41, 5.74) is 0.617. The minimum absolute atomic E-state index is 0.0185. The van der Waals surface area contributed by atoms with E-state index in [0.717, 1.165) is 12.8 Å². The number of sulfonamides is 1. The van der Waals surface area contributed by atoms with Gasteiger partial charge < -0.3 is 10.1 Å². The third kappa shape index (κ3) is 4.18.